The smallest absolute Gasteiger partial charge is 0.268 e. The molecule has 0 radical (unpaired) electrons. The number of nitrogens with one attached hydrogen (secondary N) is 1. The summed E-state index contributed by atoms with van der Waals surface area (Å²) in [6.45, 7) is 0. The van der Waals surface area contributed by atoms with E-state index in [1.54, 1.807) is 43.5 Å². The zero-order chi connectivity index (χ0) is 21.3. The van der Waals surface area contributed by atoms with Gasteiger partial charge in [0.05, 0.1) is 31.3 Å². The number of amides is 1. The van der Waals surface area contributed by atoms with Crippen molar-refractivity contribution < 1.29 is 18.7 Å². The first-order valence-corrected chi connectivity index (χ1v) is 9.80. The van der Waals surface area contributed by atoms with Crippen LogP contribution in [0.25, 0.3) is 21.5 Å². The first-order valence-electron chi connectivity index (χ1n) is 8.98. The number of hydrogen-bond acceptors (Lipinski definition) is 6. The van der Waals surface area contributed by atoms with Gasteiger partial charge in [-0.25, -0.2) is 9.37 Å². The number of anilines is 2. The van der Waals surface area contributed by atoms with Crippen molar-refractivity contribution in [1.29, 1.82) is 0 Å². The molecule has 0 aliphatic heterocycles. The Hall–Kier alpha value is -3.65. The summed E-state index contributed by atoms with van der Waals surface area (Å²) < 4.78 is 23.7. The molecule has 4 aromatic rings. The lowest BCUT2D eigenvalue weighted by atomic mass is 10.1. The van der Waals surface area contributed by atoms with Crippen LogP contribution in [0.5, 0.6) is 11.5 Å². The van der Waals surface area contributed by atoms with Gasteiger partial charge in [0, 0.05) is 17.0 Å². The number of nitrogen functional groups attached to an aromatic ring is 1. The fourth-order valence-corrected chi connectivity index (χ4v) is 4.03. The molecule has 30 heavy (non-hydrogen) atoms. The molecule has 0 fully saturated rings. The fraction of sp³-hybridized carbons (Fsp3) is 0.0909. The Kier molecular flexibility index (Phi) is 5.24. The highest BCUT2D eigenvalue weighted by atomic mass is 32.1. The third-order valence-corrected chi connectivity index (χ3v) is 5.71. The quantitative estimate of drug-likeness (QED) is 0.474. The van der Waals surface area contributed by atoms with E-state index in [1.807, 2.05) is 6.07 Å². The van der Waals surface area contributed by atoms with E-state index in [1.165, 1.54) is 30.6 Å². The molecule has 0 unspecified atom stereocenters. The van der Waals surface area contributed by atoms with Crippen LogP contribution < -0.4 is 20.5 Å². The van der Waals surface area contributed by atoms with Crippen molar-refractivity contribution in [2.24, 2.45) is 0 Å². The maximum atomic E-state index is 13.2. The number of ether oxygens (including phenoxy) is 2. The molecule has 0 atom stereocenters. The number of carbonyl (C=O) groups is 1. The number of carbonyl (C=O) groups excluding carboxylic acids is 1. The second kappa shape index (κ2) is 8.00. The Labute approximate surface area is 176 Å². The van der Waals surface area contributed by atoms with Crippen LogP contribution in [0.15, 0.2) is 54.6 Å². The summed E-state index contributed by atoms with van der Waals surface area (Å²) in [7, 11) is 3.06. The summed E-state index contributed by atoms with van der Waals surface area (Å²) in [5, 5.41) is 3.51. The SMILES string of the molecule is COc1ccc(OC)c(NC(=O)c2sc3nc(-c4ccc(F)cc4)ccc3c2N)c1. The number of thiophene rings is 1. The van der Waals surface area contributed by atoms with E-state index in [-0.39, 0.29) is 11.7 Å². The second-order valence-corrected chi connectivity index (χ2v) is 7.42. The van der Waals surface area contributed by atoms with Gasteiger partial charge in [0.2, 0.25) is 0 Å². The van der Waals surface area contributed by atoms with Crippen LogP contribution in [0.3, 0.4) is 0 Å². The zero-order valence-electron chi connectivity index (χ0n) is 16.2. The molecule has 0 saturated carbocycles. The molecule has 152 valence electrons. The maximum absolute atomic E-state index is 13.2. The van der Waals surface area contributed by atoms with Gasteiger partial charge in [-0.05, 0) is 48.5 Å². The van der Waals surface area contributed by atoms with Crippen molar-refractivity contribution in [2.75, 3.05) is 25.3 Å². The Balaban J connectivity index is 1.68. The lowest BCUT2D eigenvalue weighted by molar-refractivity contribution is 0.103. The van der Waals surface area contributed by atoms with E-state index in [9.17, 15) is 9.18 Å². The summed E-state index contributed by atoms with van der Waals surface area (Å²) in [4.78, 5) is 18.5. The molecule has 1 amide bonds. The summed E-state index contributed by atoms with van der Waals surface area (Å²) in [5.41, 5.74) is 8.50. The Morgan fingerprint density at radius 1 is 1.07 bits per heavy atom. The van der Waals surface area contributed by atoms with Crippen LogP contribution in [0.2, 0.25) is 0 Å². The van der Waals surface area contributed by atoms with Crippen LogP contribution in [0.1, 0.15) is 9.67 Å². The minimum atomic E-state index is -0.370. The number of nitrogens with two attached hydrogens (primary N) is 1. The van der Waals surface area contributed by atoms with E-state index >= 15 is 0 Å². The molecule has 0 spiro atoms. The summed E-state index contributed by atoms with van der Waals surface area (Å²) >= 11 is 1.19. The minimum absolute atomic E-state index is 0.313. The number of fused-ring (bicyclic) bond motifs is 1. The van der Waals surface area contributed by atoms with Crippen molar-refractivity contribution in [3.8, 4) is 22.8 Å². The summed E-state index contributed by atoms with van der Waals surface area (Å²) in [6.07, 6.45) is 0. The van der Waals surface area contributed by atoms with Crippen molar-refractivity contribution >= 4 is 38.8 Å². The molecule has 0 aliphatic rings. The number of halogens is 1. The Bertz CT molecular complexity index is 1240. The molecule has 2 aromatic carbocycles. The molecular weight excluding hydrogens is 405 g/mol. The third-order valence-electron chi connectivity index (χ3n) is 4.59. The molecule has 4 rings (SSSR count). The monoisotopic (exact) mass is 423 g/mol. The van der Waals surface area contributed by atoms with Crippen molar-refractivity contribution in [1.82, 2.24) is 4.98 Å². The van der Waals surface area contributed by atoms with Gasteiger partial charge in [-0.1, -0.05) is 0 Å². The molecule has 2 aromatic heterocycles. The molecule has 8 heteroatoms. The fourth-order valence-electron chi connectivity index (χ4n) is 3.04. The first-order chi connectivity index (χ1) is 14.5. The van der Waals surface area contributed by atoms with E-state index in [4.69, 9.17) is 15.2 Å². The maximum Gasteiger partial charge on any atom is 0.268 e. The largest absolute Gasteiger partial charge is 0.497 e. The molecule has 0 saturated heterocycles. The van der Waals surface area contributed by atoms with E-state index < -0.39 is 0 Å². The first kappa shape index (κ1) is 19.7. The van der Waals surface area contributed by atoms with Gasteiger partial charge in [0.15, 0.2) is 0 Å². The number of nitrogens with zero attached hydrogens (tertiary/aromatic N) is 1. The Morgan fingerprint density at radius 3 is 2.53 bits per heavy atom. The van der Waals surface area contributed by atoms with Crippen LogP contribution >= 0.6 is 11.3 Å². The van der Waals surface area contributed by atoms with Gasteiger partial charge in [-0.2, -0.15) is 0 Å². The van der Waals surface area contributed by atoms with Crippen molar-refractivity contribution in [3.05, 3.63) is 65.3 Å². The minimum Gasteiger partial charge on any atom is -0.497 e. The number of benzene rings is 2. The topological polar surface area (TPSA) is 86.5 Å². The predicted octanol–water partition coefficient (Wildman–Crippen LogP) is 4.95. The number of aromatic nitrogens is 1. The van der Waals surface area contributed by atoms with Gasteiger partial charge < -0.3 is 20.5 Å². The molecule has 6 nitrogen and oxygen atoms in total. The highest BCUT2D eigenvalue weighted by Gasteiger charge is 2.19. The van der Waals surface area contributed by atoms with Crippen molar-refractivity contribution in [3.63, 3.8) is 0 Å². The van der Waals surface area contributed by atoms with Crippen LogP contribution in [0.4, 0.5) is 15.8 Å². The number of pyridine rings is 1. The Morgan fingerprint density at radius 2 is 1.83 bits per heavy atom. The average Bonchev–Trinajstić information content (AvgIpc) is 3.10. The second-order valence-electron chi connectivity index (χ2n) is 6.42. The van der Waals surface area contributed by atoms with E-state index in [0.717, 1.165) is 5.56 Å². The van der Waals surface area contributed by atoms with Crippen LogP contribution in [0, 0.1) is 5.82 Å². The van der Waals surface area contributed by atoms with E-state index in [0.29, 0.717) is 43.7 Å². The number of hydrogen-bond donors (Lipinski definition) is 2. The van der Waals surface area contributed by atoms with Gasteiger partial charge in [-0.15, -0.1) is 11.3 Å². The molecule has 2 heterocycles. The molecular formula is C22H18FN3O3S. The van der Waals surface area contributed by atoms with Gasteiger partial charge in [-0.3, -0.25) is 4.79 Å². The highest BCUT2D eigenvalue weighted by Crippen LogP contribution is 2.36. The average molecular weight is 423 g/mol. The van der Waals surface area contributed by atoms with Crippen LogP contribution in [-0.2, 0) is 0 Å². The van der Waals surface area contributed by atoms with Crippen LogP contribution in [-0.4, -0.2) is 25.1 Å². The lowest BCUT2D eigenvalue weighted by Gasteiger charge is -2.11. The summed E-state index contributed by atoms with van der Waals surface area (Å²) in [5.74, 6) is 0.402. The third kappa shape index (κ3) is 3.65. The van der Waals surface area contributed by atoms with Gasteiger partial charge in [0.25, 0.3) is 5.91 Å². The van der Waals surface area contributed by atoms with Crippen molar-refractivity contribution in [2.45, 2.75) is 0 Å². The van der Waals surface area contributed by atoms with Gasteiger partial charge >= 0.3 is 0 Å². The normalized spacial score (nSPS) is 10.8. The molecule has 3 N–H and O–H groups in total. The predicted molar refractivity (Wildman–Crippen MR) is 117 cm³/mol. The highest BCUT2D eigenvalue weighted by molar-refractivity contribution is 7.21. The van der Waals surface area contributed by atoms with E-state index in [2.05, 4.69) is 10.3 Å². The summed E-state index contributed by atoms with van der Waals surface area (Å²) in [6, 6.07) is 14.8. The molecule has 0 bridgehead atoms. The van der Waals surface area contributed by atoms with Gasteiger partial charge in [0.1, 0.15) is 27.0 Å². The lowest BCUT2D eigenvalue weighted by Crippen LogP contribution is -2.12. The number of methoxy groups -OCH3 is 2. The molecule has 0 aliphatic carbocycles. The zero-order valence-corrected chi connectivity index (χ0v) is 17.0. The standard InChI is InChI=1S/C22H18FN3O3S/c1-28-14-7-10-18(29-2)17(11-14)25-21(27)20-19(24)15-8-9-16(26-22(15)30-20)12-3-5-13(23)6-4-12/h3-11H,24H2,1-2H3,(H,25,27). The number of rotatable bonds is 5.